The van der Waals surface area contributed by atoms with E-state index < -0.39 is 0 Å². The van der Waals surface area contributed by atoms with Crippen LogP contribution in [0.5, 0.6) is 0 Å². The largest absolute Gasteiger partial charge is 0.289 e. The van der Waals surface area contributed by atoms with Crippen LogP contribution in [0.4, 0.5) is 0 Å². The Kier molecular flexibility index (Phi) is 4.24. The maximum Gasteiger partial charge on any atom is 0.0776 e. The summed E-state index contributed by atoms with van der Waals surface area (Å²) >= 11 is 0. The molecule has 1 aliphatic rings. The Morgan fingerprint density at radius 2 is 2.15 bits per heavy atom. The summed E-state index contributed by atoms with van der Waals surface area (Å²) in [4.78, 5) is 4.49. The normalized spacial score (nSPS) is 26.8. The molecule has 0 radical (unpaired) electrons. The van der Waals surface area contributed by atoms with Crippen molar-refractivity contribution in [3.8, 4) is 0 Å². The van der Waals surface area contributed by atoms with Gasteiger partial charge in [-0.25, -0.2) is 0 Å². The highest BCUT2D eigenvalue weighted by molar-refractivity contribution is 5.57. The first-order valence-electron chi connectivity index (χ1n) is 4.87. The molecule has 0 aliphatic heterocycles. The predicted molar refractivity (Wildman–Crippen MR) is 59.2 cm³/mol. The van der Waals surface area contributed by atoms with Gasteiger partial charge >= 0.3 is 0 Å². The first kappa shape index (κ1) is 9.97. The second-order valence-electron chi connectivity index (χ2n) is 3.19. The molecule has 2 atom stereocenters. The number of hydrogen-bond donors (Lipinski definition) is 0. The van der Waals surface area contributed by atoms with Crippen LogP contribution in [0, 0.1) is 5.92 Å². The minimum Gasteiger partial charge on any atom is -0.289 e. The van der Waals surface area contributed by atoms with E-state index in [2.05, 4.69) is 36.7 Å². The number of hydrogen-bond acceptors (Lipinski definition) is 1. The molecular weight excluding hydrogens is 158 g/mol. The number of allylic oxidation sites excluding steroid dienone is 2. The summed E-state index contributed by atoms with van der Waals surface area (Å²) in [5, 5.41) is 0. The van der Waals surface area contributed by atoms with Crippen molar-refractivity contribution in [1.29, 1.82) is 0 Å². The minimum absolute atomic E-state index is 0.272. The first-order valence-corrected chi connectivity index (χ1v) is 4.87. The third kappa shape index (κ3) is 3.02. The average molecular weight is 175 g/mol. The van der Waals surface area contributed by atoms with Gasteiger partial charge in [0.1, 0.15) is 0 Å². The molecular formula is C12H17N. The summed E-state index contributed by atoms with van der Waals surface area (Å²) in [5.41, 5.74) is 0. The standard InChI is InChI=1S/C12H17N/c1-3-5-10-13-12-9-7-6-8-11(12)4-2/h4,6-12H,2-3,5H2,1H3. The van der Waals surface area contributed by atoms with Crippen LogP contribution in [0.3, 0.4) is 0 Å². The maximum absolute atomic E-state index is 4.49. The summed E-state index contributed by atoms with van der Waals surface area (Å²) in [6.07, 6.45) is 14.6. The predicted octanol–water partition coefficient (Wildman–Crippen LogP) is 3.15. The van der Waals surface area contributed by atoms with Crippen molar-refractivity contribution in [2.75, 3.05) is 0 Å². The molecule has 0 aromatic heterocycles. The fourth-order valence-electron chi connectivity index (χ4n) is 1.30. The van der Waals surface area contributed by atoms with E-state index in [1.54, 1.807) is 0 Å². The van der Waals surface area contributed by atoms with E-state index in [4.69, 9.17) is 0 Å². The molecule has 0 heterocycles. The van der Waals surface area contributed by atoms with Gasteiger partial charge in [-0.3, -0.25) is 4.99 Å². The molecule has 0 N–H and O–H groups in total. The van der Waals surface area contributed by atoms with Crippen molar-refractivity contribution in [3.63, 3.8) is 0 Å². The molecule has 0 spiro atoms. The second kappa shape index (κ2) is 5.52. The molecule has 1 aliphatic carbocycles. The summed E-state index contributed by atoms with van der Waals surface area (Å²) in [6, 6.07) is 0.272. The van der Waals surface area contributed by atoms with Crippen LogP contribution >= 0.6 is 0 Å². The van der Waals surface area contributed by atoms with Gasteiger partial charge < -0.3 is 0 Å². The van der Waals surface area contributed by atoms with E-state index in [1.807, 2.05) is 18.4 Å². The monoisotopic (exact) mass is 175 g/mol. The lowest BCUT2D eigenvalue weighted by Crippen LogP contribution is -2.13. The van der Waals surface area contributed by atoms with Crippen LogP contribution < -0.4 is 0 Å². The van der Waals surface area contributed by atoms with Crippen molar-refractivity contribution < 1.29 is 0 Å². The Morgan fingerprint density at radius 3 is 2.85 bits per heavy atom. The molecule has 0 aromatic carbocycles. The summed E-state index contributed by atoms with van der Waals surface area (Å²) in [6.45, 7) is 5.96. The topological polar surface area (TPSA) is 12.4 Å². The van der Waals surface area contributed by atoms with E-state index in [0.717, 1.165) is 12.8 Å². The molecule has 1 nitrogen and oxygen atoms in total. The minimum atomic E-state index is 0.272. The van der Waals surface area contributed by atoms with Gasteiger partial charge in [0.05, 0.1) is 6.04 Å². The molecule has 0 fully saturated rings. The quantitative estimate of drug-likeness (QED) is 0.460. The molecule has 1 heteroatoms. The van der Waals surface area contributed by atoms with Gasteiger partial charge in [0, 0.05) is 5.92 Å². The van der Waals surface area contributed by atoms with Gasteiger partial charge in [-0.1, -0.05) is 43.7 Å². The van der Waals surface area contributed by atoms with Gasteiger partial charge in [-0.05, 0) is 12.6 Å². The molecule has 70 valence electrons. The highest BCUT2D eigenvalue weighted by atomic mass is 14.8. The number of nitrogens with zero attached hydrogens (tertiary/aromatic N) is 1. The lowest BCUT2D eigenvalue weighted by atomic mass is 9.96. The van der Waals surface area contributed by atoms with Gasteiger partial charge in [-0.15, -0.1) is 6.58 Å². The maximum atomic E-state index is 4.49. The van der Waals surface area contributed by atoms with E-state index in [-0.39, 0.29) is 6.04 Å². The third-order valence-corrected chi connectivity index (χ3v) is 2.11. The van der Waals surface area contributed by atoms with Crippen LogP contribution in [0.1, 0.15) is 19.8 Å². The Hall–Kier alpha value is -1.11. The zero-order valence-electron chi connectivity index (χ0n) is 8.19. The molecule has 0 amide bonds. The Labute approximate surface area is 80.6 Å². The Balaban J connectivity index is 2.52. The molecule has 0 saturated carbocycles. The van der Waals surface area contributed by atoms with E-state index >= 15 is 0 Å². The SMILES string of the molecule is C=CC1C=CC=CC1N=CCCC. The van der Waals surface area contributed by atoms with Gasteiger partial charge in [0.2, 0.25) is 0 Å². The summed E-state index contributed by atoms with van der Waals surface area (Å²) in [7, 11) is 0. The molecule has 0 aromatic rings. The van der Waals surface area contributed by atoms with Gasteiger partial charge in [-0.2, -0.15) is 0 Å². The van der Waals surface area contributed by atoms with E-state index in [1.165, 1.54) is 0 Å². The fraction of sp³-hybridized carbons (Fsp3) is 0.417. The van der Waals surface area contributed by atoms with Gasteiger partial charge in [0.15, 0.2) is 0 Å². The first-order chi connectivity index (χ1) is 6.38. The van der Waals surface area contributed by atoms with Crippen molar-refractivity contribution in [3.05, 3.63) is 37.0 Å². The van der Waals surface area contributed by atoms with E-state index in [0.29, 0.717) is 5.92 Å². The molecule has 1 rings (SSSR count). The van der Waals surface area contributed by atoms with Gasteiger partial charge in [0.25, 0.3) is 0 Å². The lowest BCUT2D eigenvalue weighted by Gasteiger charge is -2.16. The molecule has 13 heavy (non-hydrogen) atoms. The second-order valence-corrected chi connectivity index (χ2v) is 3.19. The van der Waals surface area contributed by atoms with Crippen LogP contribution in [0.15, 0.2) is 42.0 Å². The number of rotatable bonds is 4. The number of unbranched alkanes of at least 4 members (excludes halogenated alkanes) is 1. The smallest absolute Gasteiger partial charge is 0.0776 e. The van der Waals surface area contributed by atoms with Crippen LogP contribution in [0.2, 0.25) is 0 Å². The highest BCUT2D eigenvalue weighted by Crippen LogP contribution is 2.16. The van der Waals surface area contributed by atoms with Crippen molar-refractivity contribution in [2.24, 2.45) is 10.9 Å². The molecule has 0 saturated heterocycles. The highest BCUT2D eigenvalue weighted by Gasteiger charge is 2.12. The zero-order chi connectivity index (χ0) is 9.52. The van der Waals surface area contributed by atoms with Crippen molar-refractivity contribution in [2.45, 2.75) is 25.8 Å². The van der Waals surface area contributed by atoms with Crippen LogP contribution in [-0.4, -0.2) is 12.3 Å². The van der Waals surface area contributed by atoms with Crippen molar-refractivity contribution >= 4 is 6.21 Å². The summed E-state index contributed by atoms with van der Waals surface area (Å²) in [5.74, 6) is 0.373. The number of aliphatic imine (C=N–C) groups is 1. The molecule has 0 bridgehead atoms. The van der Waals surface area contributed by atoms with E-state index in [9.17, 15) is 0 Å². The molecule has 2 unspecified atom stereocenters. The average Bonchev–Trinajstić information content (AvgIpc) is 2.19. The van der Waals surface area contributed by atoms with Crippen LogP contribution in [0.25, 0.3) is 0 Å². The third-order valence-electron chi connectivity index (χ3n) is 2.11. The fourth-order valence-corrected chi connectivity index (χ4v) is 1.30. The summed E-state index contributed by atoms with van der Waals surface area (Å²) < 4.78 is 0. The van der Waals surface area contributed by atoms with Crippen molar-refractivity contribution in [1.82, 2.24) is 0 Å². The Bertz CT molecular complexity index is 236. The zero-order valence-corrected chi connectivity index (χ0v) is 8.19. The Morgan fingerprint density at radius 1 is 1.38 bits per heavy atom. The van der Waals surface area contributed by atoms with Crippen LogP contribution in [-0.2, 0) is 0 Å². The lowest BCUT2D eigenvalue weighted by molar-refractivity contribution is 0.688.